The molecule has 9 nitrogen and oxygen atoms in total. The molecule has 2 saturated heterocycles. The summed E-state index contributed by atoms with van der Waals surface area (Å²) >= 11 is 2.79. The summed E-state index contributed by atoms with van der Waals surface area (Å²) in [6.45, 7) is 3.37. The van der Waals surface area contributed by atoms with Crippen LogP contribution < -0.4 is 24.0 Å². The van der Waals surface area contributed by atoms with Gasteiger partial charge >= 0.3 is 0 Å². The predicted molar refractivity (Wildman–Crippen MR) is 245 cm³/mol. The Morgan fingerprint density at radius 2 is 1.45 bits per heavy atom. The molecule has 11 heteroatoms. The highest BCUT2D eigenvalue weighted by atomic mass is 32.2. The molecule has 1 atom stereocenters. The van der Waals surface area contributed by atoms with Crippen LogP contribution in [0.4, 0.5) is 17.1 Å². The van der Waals surface area contributed by atoms with Crippen molar-refractivity contribution in [2.75, 3.05) is 30.1 Å². The molecule has 0 bridgehead atoms. The Hall–Kier alpha value is -6.53. The second-order valence-electron chi connectivity index (χ2n) is 14.2. The first-order valence-electron chi connectivity index (χ1n) is 19.5. The van der Waals surface area contributed by atoms with Crippen LogP contribution in [0.25, 0.3) is 23.3 Å². The number of ether oxygens (including phenoxy) is 3. The third kappa shape index (κ3) is 8.20. The lowest BCUT2D eigenvalue weighted by molar-refractivity contribution is -0.113. The number of benzene rings is 6. The maximum absolute atomic E-state index is 14.0. The molecule has 3 aliphatic rings. The van der Waals surface area contributed by atoms with E-state index in [0.29, 0.717) is 52.2 Å². The van der Waals surface area contributed by atoms with Gasteiger partial charge in [0.2, 0.25) is 0 Å². The van der Waals surface area contributed by atoms with Gasteiger partial charge in [-0.05, 0) is 119 Å². The summed E-state index contributed by atoms with van der Waals surface area (Å²) in [5.41, 5.74) is 7.81. The molecule has 298 valence electrons. The highest BCUT2D eigenvalue weighted by Crippen LogP contribution is 2.46. The maximum atomic E-state index is 14.0. The topological polar surface area (TPSA) is 96.2 Å². The molecule has 1 unspecified atom stereocenters. The highest BCUT2D eigenvalue weighted by Gasteiger charge is 2.36. The first-order valence-corrected chi connectivity index (χ1v) is 21.1. The number of rotatable bonds is 9. The van der Waals surface area contributed by atoms with E-state index in [0.717, 1.165) is 55.4 Å². The number of aryl methyl sites for hydroxylation is 1. The van der Waals surface area contributed by atoms with Gasteiger partial charge in [-0.15, -0.1) is 0 Å². The fraction of sp³-hybridized carbons (Fsp3) is 0.122. The van der Waals surface area contributed by atoms with Crippen LogP contribution in [0.15, 0.2) is 165 Å². The van der Waals surface area contributed by atoms with Crippen LogP contribution in [-0.2, 0) is 11.3 Å². The molecule has 3 aliphatic heterocycles. The Morgan fingerprint density at radius 3 is 2.18 bits per heavy atom. The van der Waals surface area contributed by atoms with E-state index in [1.807, 2.05) is 157 Å². The Kier molecular flexibility index (Phi) is 11.3. The van der Waals surface area contributed by atoms with Crippen LogP contribution >= 0.6 is 23.5 Å². The third-order valence-electron chi connectivity index (χ3n) is 10.1. The van der Waals surface area contributed by atoms with Gasteiger partial charge in [-0.25, -0.2) is 4.99 Å². The van der Waals surface area contributed by atoms with Crippen molar-refractivity contribution >= 4 is 69.0 Å². The van der Waals surface area contributed by atoms with Crippen molar-refractivity contribution in [3.63, 3.8) is 0 Å². The summed E-state index contributed by atoms with van der Waals surface area (Å²) in [5.74, 6) is 1.86. The predicted octanol–water partition coefficient (Wildman–Crippen LogP) is 10.7. The van der Waals surface area contributed by atoms with Crippen molar-refractivity contribution in [2.24, 2.45) is 9.98 Å². The Labute approximate surface area is 357 Å². The highest BCUT2D eigenvalue weighted by molar-refractivity contribution is 8.19. The number of para-hydroxylation sites is 2. The molecule has 6 aromatic rings. The van der Waals surface area contributed by atoms with Crippen LogP contribution in [0, 0.1) is 6.92 Å². The minimum absolute atomic E-state index is 0.153. The smallest absolute Gasteiger partial charge is 0.271 e. The number of amidine groups is 2. The lowest BCUT2D eigenvalue weighted by atomic mass is 9.96. The van der Waals surface area contributed by atoms with Crippen LogP contribution in [0.3, 0.4) is 0 Å². The summed E-state index contributed by atoms with van der Waals surface area (Å²) in [5, 5.41) is 13.1. The van der Waals surface area contributed by atoms with Gasteiger partial charge in [0.25, 0.3) is 5.91 Å². The number of fused-ring (bicyclic) bond motifs is 1. The number of aliphatic hydroxyl groups excluding tert-OH is 1. The van der Waals surface area contributed by atoms with Gasteiger partial charge in [0.05, 0.1) is 29.9 Å². The monoisotopic (exact) mass is 828 g/mol. The Bertz CT molecular complexity index is 2670. The van der Waals surface area contributed by atoms with Gasteiger partial charge in [0, 0.05) is 16.2 Å². The van der Waals surface area contributed by atoms with Crippen molar-refractivity contribution in [1.29, 1.82) is 0 Å². The number of aliphatic hydroxyl groups is 1. The summed E-state index contributed by atoms with van der Waals surface area (Å²) in [4.78, 5) is 28.9. The average molecular weight is 829 g/mol. The number of hydrogen-bond donors (Lipinski definition) is 1. The number of thioether (sulfide) groups is 2. The van der Waals surface area contributed by atoms with Crippen LogP contribution in [0.1, 0.15) is 22.3 Å². The summed E-state index contributed by atoms with van der Waals surface area (Å²) in [7, 11) is 1.63. The molecule has 0 spiro atoms. The SMILES string of the molecule is COc1ccc(C=C2SC(=Nc3ccc(C)c(-c4cc(C=C5SC(=NCc6ccccc6)N(c6ccccc6)C5O)cc5c4OCCO5)c3)N(c3ccccc3)C2=O)cc1. The average Bonchev–Trinajstić information content (AvgIpc) is 3.77. The summed E-state index contributed by atoms with van der Waals surface area (Å²) < 4.78 is 17.8. The lowest BCUT2D eigenvalue weighted by Gasteiger charge is -2.23. The van der Waals surface area contributed by atoms with E-state index in [-0.39, 0.29) is 5.91 Å². The molecule has 2 fully saturated rings. The van der Waals surface area contributed by atoms with E-state index in [1.54, 1.807) is 12.0 Å². The van der Waals surface area contributed by atoms with E-state index in [2.05, 4.69) is 13.0 Å². The standard InChI is InChI=1S/C49H40N4O5S2/c1-32-18-21-36(51-49-53(38-16-10-5-11-17-38)47(55)43(60-49)28-33-19-22-39(56-2)23-20-33)30-40(32)41-26-35(27-42-45(41)58-25-24-57-42)29-44-46(54)52(37-14-8-4-9-15-37)48(59-44)50-31-34-12-6-3-7-13-34/h3-23,26-30,46,54H,24-25,31H2,1-2H3. The van der Waals surface area contributed by atoms with Crippen molar-refractivity contribution in [3.8, 4) is 28.4 Å². The van der Waals surface area contributed by atoms with E-state index in [1.165, 1.54) is 23.5 Å². The second-order valence-corrected chi connectivity index (χ2v) is 16.2. The maximum Gasteiger partial charge on any atom is 0.271 e. The zero-order chi connectivity index (χ0) is 41.0. The van der Waals surface area contributed by atoms with Crippen molar-refractivity contribution in [1.82, 2.24) is 0 Å². The number of carbonyl (C=O) groups is 1. The van der Waals surface area contributed by atoms with Gasteiger partial charge in [-0.2, -0.15) is 0 Å². The van der Waals surface area contributed by atoms with E-state index < -0.39 is 6.23 Å². The quantitative estimate of drug-likeness (QED) is 0.144. The largest absolute Gasteiger partial charge is 0.497 e. The van der Waals surface area contributed by atoms with Gasteiger partial charge in [-0.1, -0.05) is 96.7 Å². The summed E-state index contributed by atoms with van der Waals surface area (Å²) in [6, 6.07) is 47.1. The van der Waals surface area contributed by atoms with Gasteiger partial charge in [0.15, 0.2) is 28.1 Å². The minimum Gasteiger partial charge on any atom is -0.497 e. The van der Waals surface area contributed by atoms with Gasteiger partial charge < -0.3 is 19.3 Å². The molecule has 1 amide bonds. The first-order chi connectivity index (χ1) is 29.4. The zero-order valence-corrected chi connectivity index (χ0v) is 34.5. The van der Waals surface area contributed by atoms with E-state index in [9.17, 15) is 9.90 Å². The first kappa shape index (κ1) is 39.0. The number of carbonyl (C=O) groups excluding carboxylic acids is 1. The minimum atomic E-state index is -0.952. The van der Waals surface area contributed by atoms with Crippen LogP contribution in [-0.4, -0.2) is 47.9 Å². The molecule has 60 heavy (non-hydrogen) atoms. The van der Waals surface area contributed by atoms with Crippen LogP contribution in [0.2, 0.25) is 0 Å². The number of nitrogens with zero attached hydrogens (tertiary/aromatic N) is 4. The molecular weight excluding hydrogens is 789 g/mol. The fourth-order valence-electron chi connectivity index (χ4n) is 7.14. The third-order valence-corrected chi connectivity index (χ3v) is 12.2. The molecule has 0 aliphatic carbocycles. The molecule has 0 aromatic heterocycles. The van der Waals surface area contributed by atoms with E-state index >= 15 is 0 Å². The van der Waals surface area contributed by atoms with E-state index in [4.69, 9.17) is 24.2 Å². The number of hydrogen-bond acceptors (Lipinski definition) is 9. The molecule has 1 N–H and O–H groups in total. The number of amides is 1. The molecular formula is C49H40N4O5S2. The molecule has 3 heterocycles. The molecule has 6 aromatic carbocycles. The van der Waals surface area contributed by atoms with Gasteiger partial charge in [0.1, 0.15) is 19.0 Å². The zero-order valence-electron chi connectivity index (χ0n) is 32.9. The fourth-order valence-corrected chi connectivity index (χ4v) is 9.19. The Morgan fingerprint density at radius 1 is 0.750 bits per heavy atom. The van der Waals surface area contributed by atoms with Crippen molar-refractivity contribution in [3.05, 3.63) is 178 Å². The van der Waals surface area contributed by atoms with Crippen molar-refractivity contribution < 1.29 is 24.1 Å². The molecule has 0 saturated carbocycles. The van der Waals surface area contributed by atoms with Crippen molar-refractivity contribution in [2.45, 2.75) is 19.7 Å². The normalized spacial score (nSPS) is 18.9. The summed E-state index contributed by atoms with van der Waals surface area (Å²) in [6.07, 6.45) is 2.92. The number of aliphatic imine (C=N–C) groups is 2. The number of anilines is 2. The molecule has 9 rings (SSSR count). The van der Waals surface area contributed by atoms with Gasteiger partial charge in [-0.3, -0.25) is 19.6 Å². The second kappa shape index (κ2) is 17.4. The molecule has 0 radical (unpaired) electrons. The van der Waals surface area contributed by atoms with Crippen LogP contribution in [0.5, 0.6) is 17.2 Å². The number of methoxy groups -OCH3 is 1. The lowest BCUT2D eigenvalue weighted by Crippen LogP contribution is -2.33. The Balaban J connectivity index is 1.09.